The van der Waals surface area contributed by atoms with Gasteiger partial charge in [-0.25, -0.2) is 9.97 Å². The first kappa shape index (κ1) is 8.94. The van der Waals surface area contributed by atoms with Gasteiger partial charge in [0, 0.05) is 25.0 Å². The molecule has 0 aromatic carbocycles. The van der Waals surface area contributed by atoms with Crippen LogP contribution in [0.2, 0.25) is 0 Å². The molecule has 72 valence electrons. The van der Waals surface area contributed by atoms with Crippen LogP contribution in [-0.4, -0.2) is 14.5 Å². The summed E-state index contributed by atoms with van der Waals surface area (Å²) in [4.78, 5) is 8.58. The molecule has 0 saturated heterocycles. The summed E-state index contributed by atoms with van der Waals surface area (Å²) in [6.45, 7) is 4.16. The predicted octanol–water partition coefficient (Wildman–Crippen LogP) is 2.14. The van der Waals surface area contributed by atoms with E-state index >= 15 is 0 Å². The van der Waals surface area contributed by atoms with E-state index < -0.39 is 0 Å². The smallest absolute Gasteiger partial charge is 0.138 e. The number of aromatic nitrogens is 3. The Morgan fingerprint density at radius 1 is 1.29 bits per heavy atom. The second-order valence-corrected chi connectivity index (χ2v) is 3.26. The van der Waals surface area contributed by atoms with E-state index in [-0.39, 0.29) is 0 Å². The third kappa shape index (κ3) is 1.53. The average Bonchev–Trinajstić information content (AvgIpc) is 2.65. The van der Waals surface area contributed by atoms with Gasteiger partial charge in [-0.15, -0.1) is 0 Å². The van der Waals surface area contributed by atoms with Crippen molar-refractivity contribution < 1.29 is 0 Å². The van der Waals surface area contributed by atoms with Crippen molar-refractivity contribution in [2.75, 3.05) is 0 Å². The standard InChI is InChI=1S/C11H13N3/c1-3-10-13-6-7-14(10)11-8-9(2)4-5-12-11/h4-8H,3H2,1-2H3. The summed E-state index contributed by atoms with van der Waals surface area (Å²) in [5, 5.41) is 0. The highest BCUT2D eigenvalue weighted by Crippen LogP contribution is 2.09. The molecule has 0 aliphatic carbocycles. The molecule has 2 aromatic heterocycles. The lowest BCUT2D eigenvalue weighted by molar-refractivity contribution is 0.866. The first-order chi connectivity index (χ1) is 6.81. The zero-order valence-electron chi connectivity index (χ0n) is 8.44. The summed E-state index contributed by atoms with van der Waals surface area (Å²) in [5.74, 6) is 1.99. The highest BCUT2D eigenvalue weighted by atomic mass is 15.1. The van der Waals surface area contributed by atoms with E-state index in [1.54, 1.807) is 0 Å². The second-order valence-electron chi connectivity index (χ2n) is 3.26. The molecule has 0 atom stereocenters. The monoisotopic (exact) mass is 187 g/mol. The van der Waals surface area contributed by atoms with Gasteiger partial charge >= 0.3 is 0 Å². The van der Waals surface area contributed by atoms with E-state index in [1.807, 2.05) is 29.2 Å². The fourth-order valence-corrected chi connectivity index (χ4v) is 1.46. The normalized spacial score (nSPS) is 10.4. The number of aryl methyl sites for hydroxylation is 2. The van der Waals surface area contributed by atoms with Crippen molar-refractivity contribution in [3.8, 4) is 5.82 Å². The molecular weight excluding hydrogens is 174 g/mol. The highest BCUT2D eigenvalue weighted by molar-refractivity contribution is 5.28. The minimum absolute atomic E-state index is 0.919. The van der Waals surface area contributed by atoms with Crippen LogP contribution in [-0.2, 0) is 6.42 Å². The number of hydrogen-bond donors (Lipinski definition) is 0. The van der Waals surface area contributed by atoms with Crippen molar-refractivity contribution in [2.45, 2.75) is 20.3 Å². The van der Waals surface area contributed by atoms with E-state index in [2.05, 4.69) is 29.9 Å². The van der Waals surface area contributed by atoms with E-state index in [0.717, 1.165) is 18.1 Å². The molecule has 14 heavy (non-hydrogen) atoms. The van der Waals surface area contributed by atoms with E-state index in [0.29, 0.717) is 0 Å². The molecule has 2 aromatic rings. The summed E-state index contributed by atoms with van der Waals surface area (Å²) in [5.41, 5.74) is 1.21. The third-order valence-corrected chi connectivity index (χ3v) is 2.18. The molecule has 0 unspecified atom stereocenters. The van der Waals surface area contributed by atoms with Gasteiger partial charge in [-0.3, -0.25) is 4.57 Å². The molecule has 0 aliphatic rings. The van der Waals surface area contributed by atoms with Crippen molar-refractivity contribution in [2.24, 2.45) is 0 Å². The Morgan fingerprint density at radius 2 is 2.14 bits per heavy atom. The topological polar surface area (TPSA) is 30.7 Å². The van der Waals surface area contributed by atoms with Crippen LogP contribution >= 0.6 is 0 Å². The van der Waals surface area contributed by atoms with Gasteiger partial charge in [0.05, 0.1) is 0 Å². The quantitative estimate of drug-likeness (QED) is 0.721. The lowest BCUT2D eigenvalue weighted by atomic mass is 10.3. The van der Waals surface area contributed by atoms with Crippen molar-refractivity contribution in [3.63, 3.8) is 0 Å². The van der Waals surface area contributed by atoms with Gasteiger partial charge in [-0.05, 0) is 24.6 Å². The zero-order valence-corrected chi connectivity index (χ0v) is 8.44. The van der Waals surface area contributed by atoms with E-state index in [1.165, 1.54) is 5.56 Å². The Balaban J connectivity index is 2.49. The molecule has 0 spiro atoms. The summed E-state index contributed by atoms with van der Waals surface area (Å²) >= 11 is 0. The van der Waals surface area contributed by atoms with Crippen molar-refractivity contribution in [1.29, 1.82) is 0 Å². The van der Waals surface area contributed by atoms with Gasteiger partial charge in [0.15, 0.2) is 0 Å². The van der Waals surface area contributed by atoms with Crippen molar-refractivity contribution >= 4 is 0 Å². The second kappa shape index (κ2) is 3.62. The van der Waals surface area contributed by atoms with Gasteiger partial charge in [-0.2, -0.15) is 0 Å². The molecule has 0 bridgehead atoms. The zero-order chi connectivity index (χ0) is 9.97. The Labute approximate surface area is 83.4 Å². The summed E-state index contributed by atoms with van der Waals surface area (Å²) in [6.07, 6.45) is 6.50. The minimum Gasteiger partial charge on any atom is -0.288 e. The van der Waals surface area contributed by atoms with Gasteiger partial charge in [0.2, 0.25) is 0 Å². The fraction of sp³-hybridized carbons (Fsp3) is 0.273. The molecule has 0 aliphatic heterocycles. The summed E-state index contributed by atoms with van der Waals surface area (Å²) in [7, 11) is 0. The number of imidazole rings is 1. The lowest BCUT2D eigenvalue weighted by Crippen LogP contribution is -2.01. The molecule has 2 heterocycles. The van der Waals surface area contributed by atoms with Crippen LogP contribution in [0, 0.1) is 6.92 Å². The Kier molecular flexibility index (Phi) is 2.31. The van der Waals surface area contributed by atoms with Crippen LogP contribution in [0.25, 0.3) is 5.82 Å². The maximum atomic E-state index is 4.31. The number of nitrogens with zero attached hydrogens (tertiary/aromatic N) is 3. The average molecular weight is 187 g/mol. The summed E-state index contributed by atoms with van der Waals surface area (Å²) < 4.78 is 2.02. The number of hydrogen-bond acceptors (Lipinski definition) is 2. The van der Waals surface area contributed by atoms with Crippen LogP contribution in [0.1, 0.15) is 18.3 Å². The maximum Gasteiger partial charge on any atom is 0.138 e. The van der Waals surface area contributed by atoms with Gasteiger partial charge in [0.1, 0.15) is 11.6 Å². The van der Waals surface area contributed by atoms with Crippen LogP contribution in [0.15, 0.2) is 30.7 Å². The van der Waals surface area contributed by atoms with E-state index in [4.69, 9.17) is 0 Å². The molecule has 0 amide bonds. The Bertz CT molecular complexity index is 432. The molecule has 2 rings (SSSR count). The molecular formula is C11H13N3. The lowest BCUT2D eigenvalue weighted by Gasteiger charge is -2.05. The first-order valence-corrected chi connectivity index (χ1v) is 4.76. The van der Waals surface area contributed by atoms with Crippen molar-refractivity contribution in [1.82, 2.24) is 14.5 Å². The molecule has 0 N–H and O–H groups in total. The van der Waals surface area contributed by atoms with Gasteiger partial charge < -0.3 is 0 Å². The third-order valence-electron chi connectivity index (χ3n) is 2.18. The van der Waals surface area contributed by atoms with Crippen LogP contribution in [0.5, 0.6) is 0 Å². The Morgan fingerprint density at radius 3 is 2.86 bits per heavy atom. The van der Waals surface area contributed by atoms with Crippen LogP contribution < -0.4 is 0 Å². The molecule has 3 heteroatoms. The van der Waals surface area contributed by atoms with Crippen LogP contribution in [0.3, 0.4) is 0 Å². The van der Waals surface area contributed by atoms with Crippen LogP contribution in [0.4, 0.5) is 0 Å². The minimum atomic E-state index is 0.919. The molecule has 0 fully saturated rings. The maximum absolute atomic E-state index is 4.31. The van der Waals surface area contributed by atoms with Crippen molar-refractivity contribution in [3.05, 3.63) is 42.1 Å². The number of pyridine rings is 1. The highest BCUT2D eigenvalue weighted by Gasteiger charge is 2.03. The largest absolute Gasteiger partial charge is 0.288 e. The predicted molar refractivity (Wildman–Crippen MR) is 55.5 cm³/mol. The van der Waals surface area contributed by atoms with Gasteiger partial charge in [-0.1, -0.05) is 6.92 Å². The SMILES string of the molecule is CCc1nccn1-c1cc(C)ccn1. The summed E-state index contributed by atoms with van der Waals surface area (Å²) in [6, 6.07) is 4.05. The van der Waals surface area contributed by atoms with E-state index in [9.17, 15) is 0 Å². The molecule has 0 radical (unpaired) electrons. The number of rotatable bonds is 2. The fourth-order valence-electron chi connectivity index (χ4n) is 1.46. The first-order valence-electron chi connectivity index (χ1n) is 4.76. The van der Waals surface area contributed by atoms with Gasteiger partial charge in [0.25, 0.3) is 0 Å². The molecule has 3 nitrogen and oxygen atoms in total. The Hall–Kier alpha value is -1.64. The molecule has 0 saturated carbocycles.